The molecule has 0 radical (unpaired) electrons. The van der Waals surface area contributed by atoms with Crippen LogP contribution in [0.25, 0.3) is 0 Å². The van der Waals surface area contributed by atoms with Gasteiger partial charge in [0.1, 0.15) is 5.54 Å². The lowest BCUT2D eigenvalue weighted by Crippen LogP contribution is -2.56. The molecule has 0 aliphatic carbocycles. The van der Waals surface area contributed by atoms with Crippen LogP contribution in [0, 0.1) is 0 Å². The summed E-state index contributed by atoms with van der Waals surface area (Å²) in [6, 6.07) is -0.336. The summed E-state index contributed by atoms with van der Waals surface area (Å²) in [6.07, 6.45) is 1.13. The highest BCUT2D eigenvalue weighted by molar-refractivity contribution is 5.85. The molecule has 1 aliphatic rings. The van der Waals surface area contributed by atoms with E-state index in [1.807, 2.05) is 0 Å². The Morgan fingerprint density at radius 3 is 2.65 bits per heavy atom. The number of amides is 2. The van der Waals surface area contributed by atoms with Crippen molar-refractivity contribution < 1.29 is 19.4 Å². The quantitative estimate of drug-likeness (QED) is 0.762. The molecule has 6 nitrogen and oxygen atoms in total. The van der Waals surface area contributed by atoms with Gasteiger partial charge in [0, 0.05) is 13.7 Å². The molecule has 2 unspecified atom stereocenters. The van der Waals surface area contributed by atoms with E-state index in [1.54, 1.807) is 14.0 Å². The molecule has 17 heavy (non-hydrogen) atoms. The molecule has 0 bridgehead atoms. The highest BCUT2D eigenvalue weighted by Crippen LogP contribution is 2.14. The summed E-state index contributed by atoms with van der Waals surface area (Å²) in [5, 5.41) is 11.6. The van der Waals surface area contributed by atoms with Crippen LogP contribution in [-0.4, -0.2) is 53.8 Å². The number of hydrogen-bond acceptors (Lipinski definition) is 3. The van der Waals surface area contributed by atoms with Crippen molar-refractivity contribution in [2.24, 2.45) is 0 Å². The predicted molar refractivity (Wildman–Crippen MR) is 61.9 cm³/mol. The number of nitrogens with one attached hydrogen (secondary N) is 1. The number of aliphatic carboxylic acids is 1. The minimum Gasteiger partial charge on any atom is -0.480 e. The Balaban J connectivity index is 2.60. The molecule has 2 amide bonds. The number of hydrogen-bond donors (Lipinski definition) is 2. The van der Waals surface area contributed by atoms with E-state index in [2.05, 4.69) is 5.32 Å². The van der Waals surface area contributed by atoms with Crippen LogP contribution in [-0.2, 0) is 9.53 Å². The van der Waals surface area contributed by atoms with Gasteiger partial charge in [-0.25, -0.2) is 9.59 Å². The molecular weight excluding hydrogens is 224 g/mol. The molecule has 0 aromatic rings. The van der Waals surface area contributed by atoms with Crippen LogP contribution in [0.2, 0.25) is 0 Å². The van der Waals surface area contributed by atoms with Crippen molar-refractivity contribution in [3.05, 3.63) is 0 Å². The Hall–Kier alpha value is -1.30. The molecule has 0 spiro atoms. The zero-order valence-electron chi connectivity index (χ0n) is 10.5. The number of carbonyl (C=O) groups excluding carboxylic acids is 1. The van der Waals surface area contributed by atoms with E-state index in [1.165, 1.54) is 11.8 Å². The van der Waals surface area contributed by atoms with Crippen LogP contribution < -0.4 is 5.32 Å². The summed E-state index contributed by atoms with van der Waals surface area (Å²) >= 11 is 0. The zero-order chi connectivity index (χ0) is 13.1. The van der Waals surface area contributed by atoms with E-state index < -0.39 is 11.5 Å². The maximum Gasteiger partial charge on any atom is 0.329 e. The number of carbonyl (C=O) groups is 2. The van der Waals surface area contributed by atoms with E-state index in [0.29, 0.717) is 19.6 Å². The summed E-state index contributed by atoms with van der Waals surface area (Å²) in [5.74, 6) is -1.02. The Bertz CT molecular complexity index is 302. The molecular formula is C11H20N2O4. The molecule has 0 saturated carbocycles. The van der Waals surface area contributed by atoms with Gasteiger partial charge in [0.25, 0.3) is 0 Å². The van der Waals surface area contributed by atoms with Gasteiger partial charge < -0.3 is 20.1 Å². The van der Waals surface area contributed by atoms with Crippen molar-refractivity contribution >= 4 is 12.0 Å². The number of rotatable bonds is 4. The van der Waals surface area contributed by atoms with Crippen molar-refractivity contribution in [2.45, 2.75) is 38.3 Å². The Labute approximate surface area is 101 Å². The molecule has 2 N–H and O–H groups in total. The molecule has 2 atom stereocenters. The molecule has 1 heterocycles. The fourth-order valence-corrected chi connectivity index (χ4v) is 1.61. The summed E-state index contributed by atoms with van der Waals surface area (Å²) in [6.45, 7) is 4.39. The summed E-state index contributed by atoms with van der Waals surface area (Å²) in [7, 11) is 1.66. The smallest absolute Gasteiger partial charge is 0.329 e. The second kappa shape index (κ2) is 5.35. The van der Waals surface area contributed by atoms with Crippen molar-refractivity contribution in [3.63, 3.8) is 0 Å². The van der Waals surface area contributed by atoms with Crippen molar-refractivity contribution in [3.8, 4) is 0 Å². The average Bonchev–Trinajstić information content (AvgIpc) is 2.80. The maximum absolute atomic E-state index is 11.9. The normalized spacial score (nSPS) is 22.9. The number of nitrogens with zero attached hydrogens (tertiary/aromatic N) is 1. The first-order valence-electron chi connectivity index (χ1n) is 5.77. The van der Waals surface area contributed by atoms with Crippen LogP contribution in [0.15, 0.2) is 0 Å². The third-order valence-corrected chi connectivity index (χ3v) is 3.34. The van der Waals surface area contributed by atoms with Gasteiger partial charge in [-0.15, -0.1) is 0 Å². The first-order valence-corrected chi connectivity index (χ1v) is 5.77. The molecule has 0 aromatic carbocycles. The van der Waals surface area contributed by atoms with E-state index >= 15 is 0 Å². The lowest BCUT2D eigenvalue weighted by molar-refractivity contribution is -0.143. The van der Waals surface area contributed by atoms with E-state index in [9.17, 15) is 9.59 Å². The van der Waals surface area contributed by atoms with Crippen molar-refractivity contribution in [1.29, 1.82) is 0 Å². The third kappa shape index (κ3) is 3.09. The van der Waals surface area contributed by atoms with E-state index in [0.717, 1.165) is 6.42 Å². The summed E-state index contributed by atoms with van der Waals surface area (Å²) in [5.41, 5.74) is -1.22. The van der Waals surface area contributed by atoms with Gasteiger partial charge in [-0.2, -0.15) is 0 Å². The number of ether oxygens (including phenoxy) is 1. The highest BCUT2D eigenvalue weighted by Gasteiger charge is 2.35. The Morgan fingerprint density at radius 2 is 2.24 bits per heavy atom. The van der Waals surface area contributed by atoms with Crippen LogP contribution >= 0.6 is 0 Å². The Morgan fingerprint density at radius 1 is 1.59 bits per heavy atom. The molecule has 6 heteroatoms. The number of carboxylic acids is 1. The maximum atomic E-state index is 11.9. The molecule has 1 rings (SSSR count). The van der Waals surface area contributed by atoms with E-state index in [-0.39, 0.29) is 12.1 Å². The van der Waals surface area contributed by atoms with Crippen LogP contribution in [0.3, 0.4) is 0 Å². The summed E-state index contributed by atoms with van der Waals surface area (Å²) in [4.78, 5) is 24.5. The molecule has 1 saturated heterocycles. The van der Waals surface area contributed by atoms with Gasteiger partial charge in [0.15, 0.2) is 0 Å². The highest BCUT2D eigenvalue weighted by atomic mass is 16.5. The average molecular weight is 244 g/mol. The molecule has 0 aromatic heterocycles. The second-order valence-corrected chi connectivity index (χ2v) is 4.55. The zero-order valence-corrected chi connectivity index (χ0v) is 10.5. The minimum atomic E-state index is -1.22. The van der Waals surface area contributed by atoms with Gasteiger partial charge >= 0.3 is 12.0 Å². The fourth-order valence-electron chi connectivity index (χ4n) is 1.61. The first-order chi connectivity index (χ1) is 7.90. The first kappa shape index (κ1) is 13.8. The minimum absolute atomic E-state index is 0.0323. The van der Waals surface area contributed by atoms with Crippen molar-refractivity contribution in [1.82, 2.24) is 10.2 Å². The van der Waals surface area contributed by atoms with Crippen LogP contribution in [0.1, 0.15) is 26.7 Å². The number of urea groups is 1. The largest absolute Gasteiger partial charge is 0.480 e. The Kier molecular flexibility index (Phi) is 4.34. The summed E-state index contributed by atoms with van der Waals surface area (Å²) < 4.78 is 5.19. The van der Waals surface area contributed by atoms with Gasteiger partial charge in [-0.05, 0) is 19.8 Å². The van der Waals surface area contributed by atoms with Crippen LogP contribution in [0.5, 0.6) is 0 Å². The third-order valence-electron chi connectivity index (χ3n) is 3.34. The van der Waals surface area contributed by atoms with Gasteiger partial charge in [0.05, 0.1) is 12.6 Å². The fraction of sp³-hybridized carbons (Fsp3) is 0.818. The molecule has 1 aliphatic heterocycles. The van der Waals surface area contributed by atoms with Gasteiger partial charge in [-0.1, -0.05) is 6.92 Å². The number of carboxylic acid groups (broad SMARTS) is 1. The second-order valence-electron chi connectivity index (χ2n) is 4.55. The lowest BCUT2D eigenvalue weighted by Gasteiger charge is -2.30. The molecule has 1 fully saturated rings. The molecule has 98 valence electrons. The topological polar surface area (TPSA) is 78.9 Å². The van der Waals surface area contributed by atoms with Crippen molar-refractivity contribution in [2.75, 3.05) is 20.3 Å². The SMILES string of the molecule is CCC(C)(NC(=O)N(C)C1CCOC1)C(=O)O. The monoisotopic (exact) mass is 244 g/mol. The standard InChI is InChI=1S/C11H20N2O4/c1-4-11(2,9(14)15)12-10(16)13(3)8-5-6-17-7-8/h8H,4-7H2,1-3H3,(H,12,16)(H,14,15). The van der Waals surface area contributed by atoms with Crippen LogP contribution in [0.4, 0.5) is 4.79 Å². The predicted octanol–water partition coefficient (Wildman–Crippen LogP) is 0.670. The lowest BCUT2D eigenvalue weighted by atomic mass is 9.99. The van der Waals surface area contributed by atoms with Gasteiger partial charge in [0.2, 0.25) is 0 Å². The number of likely N-dealkylation sites (N-methyl/N-ethyl adjacent to an activating group) is 1. The van der Waals surface area contributed by atoms with E-state index in [4.69, 9.17) is 9.84 Å². The van der Waals surface area contributed by atoms with Gasteiger partial charge in [-0.3, -0.25) is 0 Å².